The van der Waals surface area contributed by atoms with Crippen molar-refractivity contribution in [1.29, 1.82) is 0 Å². The summed E-state index contributed by atoms with van der Waals surface area (Å²) in [6.07, 6.45) is 3.97. The van der Waals surface area contributed by atoms with Crippen molar-refractivity contribution in [2.45, 2.75) is 0 Å². The summed E-state index contributed by atoms with van der Waals surface area (Å²) < 4.78 is 0. The summed E-state index contributed by atoms with van der Waals surface area (Å²) in [4.78, 5) is 10.6. The summed E-state index contributed by atoms with van der Waals surface area (Å²) in [6, 6.07) is 0. The quantitative estimate of drug-likeness (QED) is 0.489. The van der Waals surface area contributed by atoms with Gasteiger partial charge in [-0.3, -0.25) is 4.79 Å². The molecule has 1 rings (SSSR count). The van der Waals surface area contributed by atoms with E-state index >= 15 is 0 Å². The third-order valence-electron chi connectivity index (χ3n) is 1.04. The van der Waals surface area contributed by atoms with Crippen molar-refractivity contribution in [3.05, 3.63) is 36.1 Å². The van der Waals surface area contributed by atoms with Gasteiger partial charge in [-0.1, -0.05) is 6.58 Å². The van der Waals surface area contributed by atoms with Crippen LogP contribution in [-0.2, 0) is 4.79 Å². The minimum absolute atomic E-state index is 0.0830. The molecule has 46 valence electrons. The van der Waals surface area contributed by atoms with E-state index < -0.39 is 0 Å². The predicted molar refractivity (Wildman–Crippen MR) is 34.0 cm³/mol. The largest absolute Gasteiger partial charge is 0.508 e. The smallest absolute Gasteiger partial charge is 0.185 e. The number of carbonyl (C=O) groups excluding carboxylic acids is 1. The SMILES string of the molecule is C=C1C=C(O)C=CC1=O. The Morgan fingerprint density at radius 1 is 1.44 bits per heavy atom. The highest BCUT2D eigenvalue weighted by Crippen LogP contribution is 2.07. The first kappa shape index (κ1) is 5.82. The van der Waals surface area contributed by atoms with Crippen molar-refractivity contribution in [2.24, 2.45) is 0 Å². The molecule has 0 saturated carbocycles. The van der Waals surface area contributed by atoms with Crippen LogP contribution in [0.25, 0.3) is 0 Å². The van der Waals surface area contributed by atoms with E-state index in [-0.39, 0.29) is 11.5 Å². The van der Waals surface area contributed by atoms with Gasteiger partial charge < -0.3 is 5.11 Å². The van der Waals surface area contributed by atoms with Crippen molar-refractivity contribution in [3.8, 4) is 0 Å². The van der Waals surface area contributed by atoms with Gasteiger partial charge in [0.05, 0.1) is 0 Å². The van der Waals surface area contributed by atoms with Gasteiger partial charge in [0.1, 0.15) is 5.76 Å². The van der Waals surface area contributed by atoms with E-state index in [1.54, 1.807) is 0 Å². The van der Waals surface area contributed by atoms with Gasteiger partial charge in [0.15, 0.2) is 5.78 Å². The first-order valence-corrected chi connectivity index (χ1v) is 2.52. The molecule has 0 amide bonds. The molecule has 0 bridgehead atoms. The zero-order valence-electron chi connectivity index (χ0n) is 4.79. The third-order valence-corrected chi connectivity index (χ3v) is 1.04. The average Bonchev–Trinajstić information content (AvgIpc) is 1.80. The Hall–Kier alpha value is -1.31. The van der Waals surface area contributed by atoms with Gasteiger partial charge in [-0.15, -0.1) is 0 Å². The fraction of sp³-hybridized carbons (Fsp3) is 0. The first-order valence-electron chi connectivity index (χ1n) is 2.52. The van der Waals surface area contributed by atoms with Gasteiger partial charge in [0.25, 0.3) is 0 Å². The zero-order chi connectivity index (χ0) is 6.85. The number of rotatable bonds is 0. The van der Waals surface area contributed by atoms with Crippen molar-refractivity contribution < 1.29 is 9.90 Å². The molecule has 0 atom stereocenters. The van der Waals surface area contributed by atoms with Crippen LogP contribution in [0.5, 0.6) is 0 Å². The zero-order valence-corrected chi connectivity index (χ0v) is 4.79. The lowest BCUT2D eigenvalue weighted by Gasteiger charge is -1.99. The van der Waals surface area contributed by atoms with E-state index in [0.29, 0.717) is 5.57 Å². The molecule has 0 spiro atoms. The second-order valence-electron chi connectivity index (χ2n) is 1.79. The van der Waals surface area contributed by atoms with E-state index in [2.05, 4.69) is 6.58 Å². The maximum absolute atomic E-state index is 10.6. The summed E-state index contributed by atoms with van der Waals surface area (Å²) in [6.45, 7) is 3.41. The Morgan fingerprint density at radius 3 is 2.56 bits per heavy atom. The average molecular weight is 122 g/mol. The number of aliphatic hydroxyl groups is 1. The van der Waals surface area contributed by atoms with Crippen molar-refractivity contribution in [1.82, 2.24) is 0 Å². The number of hydrogen-bond donors (Lipinski definition) is 1. The number of carbonyl (C=O) groups is 1. The Kier molecular flexibility index (Phi) is 1.23. The Morgan fingerprint density at radius 2 is 2.11 bits per heavy atom. The highest BCUT2D eigenvalue weighted by Gasteiger charge is 2.05. The topological polar surface area (TPSA) is 37.3 Å². The highest BCUT2D eigenvalue weighted by molar-refractivity contribution is 6.07. The molecular formula is C7H6O2. The Labute approximate surface area is 52.8 Å². The maximum Gasteiger partial charge on any atom is 0.185 e. The summed E-state index contributed by atoms with van der Waals surface area (Å²) in [5, 5.41) is 8.76. The number of aliphatic hydroxyl groups excluding tert-OH is 1. The molecule has 2 heteroatoms. The molecule has 0 fully saturated rings. The van der Waals surface area contributed by atoms with Crippen molar-refractivity contribution in [2.75, 3.05) is 0 Å². The molecule has 0 unspecified atom stereocenters. The van der Waals surface area contributed by atoms with Crippen molar-refractivity contribution in [3.63, 3.8) is 0 Å². The molecule has 2 nitrogen and oxygen atoms in total. The second kappa shape index (κ2) is 1.90. The number of hydrogen-bond acceptors (Lipinski definition) is 2. The van der Waals surface area contributed by atoms with Crippen LogP contribution in [0.2, 0.25) is 0 Å². The lowest BCUT2D eigenvalue weighted by atomic mass is 10.1. The lowest BCUT2D eigenvalue weighted by Crippen LogP contribution is -1.99. The Balaban J connectivity index is 2.95. The molecule has 0 aromatic rings. The van der Waals surface area contributed by atoms with Crippen LogP contribution < -0.4 is 0 Å². The van der Waals surface area contributed by atoms with Gasteiger partial charge in [-0.2, -0.15) is 0 Å². The minimum atomic E-state index is -0.146. The third kappa shape index (κ3) is 1.08. The summed E-state index contributed by atoms with van der Waals surface area (Å²) in [7, 11) is 0. The van der Waals surface area contributed by atoms with Gasteiger partial charge >= 0.3 is 0 Å². The molecule has 1 aliphatic rings. The molecule has 0 radical (unpaired) electrons. The molecule has 0 heterocycles. The molecule has 1 N–H and O–H groups in total. The van der Waals surface area contributed by atoms with Gasteiger partial charge in [-0.05, 0) is 18.2 Å². The molecule has 0 aromatic heterocycles. The Bertz CT molecular complexity index is 221. The number of allylic oxidation sites excluding steroid dienone is 4. The van der Waals surface area contributed by atoms with E-state index in [0.717, 1.165) is 0 Å². The summed E-state index contributed by atoms with van der Waals surface area (Å²) >= 11 is 0. The molecule has 0 aromatic carbocycles. The van der Waals surface area contributed by atoms with Crippen LogP contribution in [0.3, 0.4) is 0 Å². The van der Waals surface area contributed by atoms with Gasteiger partial charge in [0, 0.05) is 5.57 Å². The lowest BCUT2D eigenvalue weighted by molar-refractivity contribution is -0.111. The van der Waals surface area contributed by atoms with E-state index in [1.165, 1.54) is 18.2 Å². The van der Waals surface area contributed by atoms with Gasteiger partial charge in [-0.25, -0.2) is 0 Å². The standard InChI is InChI=1S/C7H6O2/c1-5-4-6(8)2-3-7(5)9/h2-4,8H,1H2. The molecular weight excluding hydrogens is 116 g/mol. The molecule has 0 aliphatic heterocycles. The van der Waals surface area contributed by atoms with Crippen LogP contribution in [0.15, 0.2) is 36.1 Å². The summed E-state index contributed by atoms with van der Waals surface area (Å²) in [5.74, 6) is -0.0626. The normalized spacial score (nSPS) is 18.0. The molecule has 9 heavy (non-hydrogen) atoms. The first-order chi connectivity index (χ1) is 4.20. The summed E-state index contributed by atoms with van der Waals surface area (Å²) in [5.41, 5.74) is 0.329. The maximum atomic E-state index is 10.6. The molecule has 1 aliphatic carbocycles. The monoisotopic (exact) mass is 122 g/mol. The second-order valence-corrected chi connectivity index (χ2v) is 1.79. The number of ketones is 1. The van der Waals surface area contributed by atoms with Crippen molar-refractivity contribution >= 4 is 5.78 Å². The van der Waals surface area contributed by atoms with Gasteiger partial charge in [0.2, 0.25) is 0 Å². The fourth-order valence-electron chi connectivity index (χ4n) is 0.566. The van der Waals surface area contributed by atoms with E-state index in [1.807, 2.05) is 0 Å². The fourth-order valence-corrected chi connectivity index (χ4v) is 0.566. The van der Waals surface area contributed by atoms with Crippen LogP contribution in [-0.4, -0.2) is 10.9 Å². The minimum Gasteiger partial charge on any atom is -0.508 e. The molecule has 0 saturated heterocycles. The predicted octanol–water partition coefficient (Wildman–Crippen LogP) is 1.12. The van der Waals surface area contributed by atoms with Crippen LogP contribution in [0, 0.1) is 0 Å². The highest BCUT2D eigenvalue weighted by atomic mass is 16.3. The van der Waals surface area contributed by atoms with E-state index in [9.17, 15) is 4.79 Å². The van der Waals surface area contributed by atoms with Crippen LogP contribution in [0.1, 0.15) is 0 Å². The van der Waals surface area contributed by atoms with E-state index in [4.69, 9.17) is 5.11 Å². The van der Waals surface area contributed by atoms with Crippen LogP contribution in [0.4, 0.5) is 0 Å². The van der Waals surface area contributed by atoms with Crippen LogP contribution >= 0.6 is 0 Å².